The first kappa shape index (κ1) is 19.4. The van der Waals surface area contributed by atoms with Crippen molar-refractivity contribution in [1.29, 1.82) is 0 Å². The highest BCUT2D eigenvalue weighted by Gasteiger charge is 2.63. The van der Waals surface area contributed by atoms with Gasteiger partial charge in [0.05, 0.1) is 12.7 Å². The number of aliphatic hydroxyl groups excluding tert-OH is 2. The standard InChI is InChI=1S/C22H26O6/c1-3-26-18-9-7-15(8-10-18)11-16-5-4-6-17(12-16)21-13-19(23)20(24)22(25-2,28-21)14-27-21/h4-10,12,19-20,23-24H,3,11,13-14H2,1-2H3. The van der Waals surface area contributed by atoms with Gasteiger partial charge in [0.2, 0.25) is 11.6 Å². The van der Waals surface area contributed by atoms with E-state index >= 15 is 0 Å². The van der Waals surface area contributed by atoms with Crippen LogP contribution in [0.2, 0.25) is 0 Å². The second kappa shape index (κ2) is 7.46. The summed E-state index contributed by atoms with van der Waals surface area (Å²) in [7, 11) is 1.45. The fourth-order valence-electron chi connectivity index (χ4n) is 3.99. The number of benzene rings is 2. The monoisotopic (exact) mass is 386 g/mol. The molecule has 150 valence electrons. The predicted molar refractivity (Wildman–Crippen MR) is 102 cm³/mol. The summed E-state index contributed by atoms with van der Waals surface area (Å²) in [5.41, 5.74) is 3.07. The molecule has 28 heavy (non-hydrogen) atoms. The number of ether oxygens (including phenoxy) is 4. The maximum atomic E-state index is 10.4. The van der Waals surface area contributed by atoms with Gasteiger partial charge in [-0.25, -0.2) is 0 Å². The van der Waals surface area contributed by atoms with Gasteiger partial charge in [0.25, 0.3) is 0 Å². The van der Waals surface area contributed by atoms with Crippen molar-refractivity contribution in [2.24, 2.45) is 0 Å². The van der Waals surface area contributed by atoms with Crippen LogP contribution in [0.5, 0.6) is 5.75 Å². The van der Waals surface area contributed by atoms with Crippen LogP contribution in [0.25, 0.3) is 0 Å². The second-order valence-corrected chi connectivity index (χ2v) is 7.33. The minimum atomic E-state index is -1.34. The van der Waals surface area contributed by atoms with Crippen molar-refractivity contribution in [1.82, 2.24) is 0 Å². The Morgan fingerprint density at radius 2 is 1.89 bits per heavy atom. The van der Waals surface area contributed by atoms with Gasteiger partial charge >= 0.3 is 0 Å². The lowest BCUT2D eigenvalue weighted by molar-refractivity contribution is -0.342. The zero-order chi connectivity index (χ0) is 19.8. The van der Waals surface area contributed by atoms with Crippen molar-refractivity contribution in [2.75, 3.05) is 20.3 Å². The van der Waals surface area contributed by atoms with Crippen LogP contribution in [0.4, 0.5) is 0 Å². The molecule has 2 N–H and O–H groups in total. The molecule has 0 radical (unpaired) electrons. The quantitative estimate of drug-likeness (QED) is 0.794. The maximum absolute atomic E-state index is 10.4. The Morgan fingerprint density at radius 1 is 1.11 bits per heavy atom. The van der Waals surface area contributed by atoms with Gasteiger partial charge in [-0.3, -0.25) is 0 Å². The molecule has 6 nitrogen and oxygen atoms in total. The zero-order valence-corrected chi connectivity index (χ0v) is 16.1. The zero-order valence-electron chi connectivity index (χ0n) is 16.1. The van der Waals surface area contributed by atoms with Gasteiger partial charge in [-0.2, -0.15) is 0 Å². The van der Waals surface area contributed by atoms with Crippen molar-refractivity contribution in [3.8, 4) is 5.75 Å². The van der Waals surface area contributed by atoms with Crippen LogP contribution in [0, 0.1) is 0 Å². The highest BCUT2D eigenvalue weighted by Crippen LogP contribution is 2.49. The molecule has 2 aromatic rings. The third-order valence-electron chi connectivity index (χ3n) is 5.49. The van der Waals surface area contributed by atoms with Gasteiger partial charge in [0, 0.05) is 19.1 Å². The summed E-state index contributed by atoms with van der Waals surface area (Å²) >= 11 is 0. The largest absolute Gasteiger partial charge is 0.494 e. The number of aliphatic hydroxyl groups is 2. The molecule has 0 amide bonds. The van der Waals surface area contributed by atoms with Crippen LogP contribution in [0.15, 0.2) is 48.5 Å². The molecule has 6 heteroatoms. The van der Waals surface area contributed by atoms with E-state index in [-0.39, 0.29) is 13.0 Å². The lowest BCUT2D eigenvalue weighted by Gasteiger charge is -2.42. The molecule has 2 aliphatic rings. The first-order valence-corrected chi connectivity index (χ1v) is 9.57. The first-order chi connectivity index (χ1) is 13.5. The lowest BCUT2D eigenvalue weighted by Crippen LogP contribution is -2.58. The second-order valence-electron chi connectivity index (χ2n) is 7.33. The maximum Gasteiger partial charge on any atom is 0.224 e. The molecule has 2 fully saturated rings. The first-order valence-electron chi connectivity index (χ1n) is 9.57. The van der Waals surface area contributed by atoms with E-state index in [1.807, 2.05) is 43.3 Å². The molecular formula is C22H26O6. The molecule has 2 aromatic carbocycles. The summed E-state index contributed by atoms with van der Waals surface area (Å²) in [6, 6.07) is 16.0. The van der Waals surface area contributed by atoms with E-state index in [9.17, 15) is 10.2 Å². The minimum Gasteiger partial charge on any atom is -0.494 e. The van der Waals surface area contributed by atoms with E-state index in [4.69, 9.17) is 18.9 Å². The summed E-state index contributed by atoms with van der Waals surface area (Å²) < 4.78 is 22.9. The van der Waals surface area contributed by atoms with Crippen molar-refractivity contribution >= 4 is 0 Å². The van der Waals surface area contributed by atoms with Crippen LogP contribution in [0.3, 0.4) is 0 Å². The number of hydrogen-bond acceptors (Lipinski definition) is 6. The summed E-state index contributed by atoms with van der Waals surface area (Å²) in [6.07, 6.45) is -1.26. The Labute approximate surface area is 164 Å². The molecule has 4 rings (SSSR count). The molecule has 4 unspecified atom stereocenters. The Hall–Kier alpha value is -1.96. The van der Waals surface area contributed by atoms with Gasteiger partial charge in [-0.1, -0.05) is 36.4 Å². The molecule has 0 aromatic heterocycles. The molecule has 2 bridgehead atoms. The van der Waals surface area contributed by atoms with Gasteiger partial charge in [-0.05, 0) is 36.6 Å². The number of fused-ring (bicyclic) bond motifs is 2. The molecule has 0 aliphatic carbocycles. The predicted octanol–water partition coefficient (Wildman–Crippen LogP) is 2.34. The Balaban J connectivity index is 1.57. The Bertz CT molecular complexity index is 822. The van der Waals surface area contributed by atoms with E-state index < -0.39 is 23.8 Å². The molecule has 4 atom stereocenters. The van der Waals surface area contributed by atoms with E-state index in [1.54, 1.807) is 0 Å². The molecule has 2 saturated heterocycles. The summed E-state index contributed by atoms with van der Waals surface area (Å²) in [5, 5.41) is 20.6. The fraction of sp³-hybridized carbons (Fsp3) is 0.455. The van der Waals surface area contributed by atoms with Crippen LogP contribution in [-0.4, -0.2) is 48.5 Å². The summed E-state index contributed by atoms with van der Waals surface area (Å²) in [5.74, 6) is -1.61. The average molecular weight is 386 g/mol. The van der Waals surface area contributed by atoms with Gasteiger partial charge in [-0.15, -0.1) is 0 Å². The van der Waals surface area contributed by atoms with Gasteiger partial charge < -0.3 is 29.2 Å². The van der Waals surface area contributed by atoms with E-state index in [1.165, 1.54) is 7.11 Å². The summed E-state index contributed by atoms with van der Waals surface area (Å²) in [6.45, 7) is 2.67. The summed E-state index contributed by atoms with van der Waals surface area (Å²) in [4.78, 5) is 0. The molecular weight excluding hydrogens is 360 g/mol. The molecule has 2 aliphatic heterocycles. The van der Waals surface area contributed by atoms with Crippen molar-refractivity contribution < 1.29 is 29.2 Å². The fourth-order valence-corrected chi connectivity index (χ4v) is 3.99. The van der Waals surface area contributed by atoms with Crippen LogP contribution in [-0.2, 0) is 26.4 Å². The normalized spacial score (nSPS) is 31.7. The number of rotatable bonds is 6. The van der Waals surface area contributed by atoms with Crippen molar-refractivity contribution in [3.05, 3.63) is 65.2 Å². The van der Waals surface area contributed by atoms with Gasteiger partial charge in [0.15, 0.2) is 0 Å². The minimum absolute atomic E-state index is 0.0604. The number of hydrogen-bond donors (Lipinski definition) is 2. The lowest BCUT2D eigenvalue weighted by atomic mass is 9.90. The highest BCUT2D eigenvalue weighted by atomic mass is 16.8. The van der Waals surface area contributed by atoms with E-state index in [0.29, 0.717) is 6.61 Å². The van der Waals surface area contributed by atoms with Crippen LogP contribution >= 0.6 is 0 Å². The number of methoxy groups -OCH3 is 1. The Morgan fingerprint density at radius 3 is 2.61 bits per heavy atom. The molecule has 0 saturated carbocycles. The topological polar surface area (TPSA) is 77.4 Å². The molecule has 0 spiro atoms. The SMILES string of the molecule is CCOc1ccc(Cc2cccc(C34CC(O)C(O)C(OC)(CO3)O4)c2)cc1. The molecule has 2 heterocycles. The Kier molecular flexibility index (Phi) is 5.16. The van der Waals surface area contributed by atoms with E-state index in [2.05, 4.69) is 12.1 Å². The van der Waals surface area contributed by atoms with Crippen molar-refractivity contribution in [2.45, 2.75) is 43.5 Å². The smallest absolute Gasteiger partial charge is 0.224 e. The average Bonchev–Trinajstić information content (AvgIpc) is 3.06. The highest BCUT2D eigenvalue weighted by molar-refractivity contribution is 5.35. The van der Waals surface area contributed by atoms with Crippen LogP contribution < -0.4 is 4.74 Å². The van der Waals surface area contributed by atoms with Gasteiger partial charge in [0.1, 0.15) is 18.5 Å². The van der Waals surface area contributed by atoms with E-state index in [0.717, 1.165) is 28.9 Å². The van der Waals surface area contributed by atoms with Crippen molar-refractivity contribution in [3.63, 3.8) is 0 Å². The third-order valence-corrected chi connectivity index (χ3v) is 5.49. The third kappa shape index (κ3) is 3.32. The van der Waals surface area contributed by atoms with Crippen LogP contribution in [0.1, 0.15) is 30.0 Å².